The van der Waals surface area contributed by atoms with E-state index >= 15 is 0 Å². The number of aromatic nitrogens is 1. The summed E-state index contributed by atoms with van der Waals surface area (Å²) in [5.74, 6) is 0. The number of fused-ring (bicyclic) bond motifs is 1. The van der Waals surface area contributed by atoms with E-state index in [0.717, 1.165) is 20.7 Å². The van der Waals surface area contributed by atoms with E-state index in [1.54, 1.807) is 6.20 Å². The average Bonchev–Trinajstić information content (AvgIpc) is 2.03. The SMILES string of the molecule is [Na+].[Na+].[S-]c1ccc2ncc([S-])cc2c1. The van der Waals surface area contributed by atoms with Gasteiger partial charge >= 0.3 is 59.1 Å². The summed E-state index contributed by atoms with van der Waals surface area (Å²) in [5, 5.41) is 1.02. The minimum Gasteiger partial charge on any atom is -0.780 e. The van der Waals surface area contributed by atoms with Crippen molar-refractivity contribution in [3.8, 4) is 0 Å². The molecule has 0 aliphatic rings. The maximum Gasteiger partial charge on any atom is 1.00 e. The zero-order valence-corrected chi connectivity index (χ0v) is 13.8. The molecule has 0 N–H and O–H groups in total. The van der Waals surface area contributed by atoms with Crippen molar-refractivity contribution >= 4 is 36.2 Å². The smallest absolute Gasteiger partial charge is 0.780 e. The van der Waals surface area contributed by atoms with Crippen molar-refractivity contribution in [3.05, 3.63) is 30.5 Å². The molecule has 1 aromatic heterocycles. The fourth-order valence-corrected chi connectivity index (χ4v) is 1.46. The minimum absolute atomic E-state index is 0. The van der Waals surface area contributed by atoms with Gasteiger partial charge in [0.15, 0.2) is 0 Å². The summed E-state index contributed by atoms with van der Waals surface area (Å²) in [6.07, 6.45) is 1.68. The number of pyridine rings is 1. The first-order valence-corrected chi connectivity index (χ1v) is 4.31. The Labute approximate surface area is 138 Å². The van der Waals surface area contributed by atoms with Gasteiger partial charge in [-0.15, -0.1) is 0 Å². The molecule has 0 bridgehead atoms. The van der Waals surface area contributed by atoms with Crippen molar-refractivity contribution in [2.24, 2.45) is 0 Å². The second kappa shape index (κ2) is 6.61. The normalized spacial score (nSPS) is 8.86. The number of benzene rings is 1. The standard InChI is InChI=1S/C9H7NS2.2Na/c11-7-1-2-9-6(3-7)4-8(12)5-10-9;;/h1-5,11-12H;;/q;2*+1/p-2. The van der Waals surface area contributed by atoms with E-state index in [9.17, 15) is 0 Å². The van der Waals surface area contributed by atoms with E-state index < -0.39 is 0 Å². The third-order valence-corrected chi connectivity index (χ3v) is 2.10. The van der Waals surface area contributed by atoms with E-state index in [-0.39, 0.29) is 59.1 Å². The predicted octanol–water partition coefficient (Wildman–Crippen LogP) is -3.95. The van der Waals surface area contributed by atoms with Crippen LogP contribution in [-0.2, 0) is 25.3 Å². The molecule has 1 aromatic carbocycles. The van der Waals surface area contributed by atoms with Gasteiger partial charge in [0.25, 0.3) is 0 Å². The van der Waals surface area contributed by atoms with Gasteiger partial charge in [-0.3, -0.25) is 4.98 Å². The van der Waals surface area contributed by atoms with E-state index in [1.165, 1.54) is 0 Å². The van der Waals surface area contributed by atoms with E-state index in [1.807, 2.05) is 24.3 Å². The average molecular weight is 237 g/mol. The Morgan fingerprint density at radius 3 is 2.29 bits per heavy atom. The molecule has 0 aliphatic carbocycles. The molecule has 5 heteroatoms. The Bertz CT molecular complexity index is 397. The summed E-state index contributed by atoms with van der Waals surface area (Å²) in [6, 6.07) is 7.60. The van der Waals surface area contributed by atoms with Crippen LogP contribution in [0.1, 0.15) is 0 Å². The van der Waals surface area contributed by atoms with Crippen LogP contribution in [0.15, 0.2) is 40.3 Å². The summed E-state index contributed by atoms with van der Waals surface area (Å²) in [6.45, 7) is 0. The molecule has 0 fully saturated rings. The van der Waals surface area contributed by atoms with Crippen molar-refractivity contribution in [1.82, 2.24) is 4.98 Å². The van der Waals surface area contributed by atoms with Crippen LogP contribution >= 0.6 is 0 Å². The van der Waals surface area contributed by atoms with E-state index in [0.29, 0.717) is 0 Å². The molecule has 2 rings (SSSR count). The zero-order valence-electron chi connectivity index (χ0n) is 8.15. The molecule has 0 spiro atoms. The fourth-order valence-electron chi connectivity index (χ4n) is 1.09. The Kier molecular flexibility index (Phi) is 7.11. The first-order chi connectivity index (χ1) is 5.75. The van der Waals surface area contributed by atoms with Crippen LogP contribution in [0.25, 0.3) is 10.9 Å². The third-order valence-electron chi connectivity index (χ3n) is 1.63. The molecule has 0 radical (unpaired) electrons. The van der Waals surface area contributed by atoms with E-state index in [2.05, 4.69) is 4.98 Å². The second-order valence-electron chi connectivity index (χ2n) is 2.53. The van der Waals surface area contributed by atoms with E-state index in [4.69, 9.17) is 25.3 Å². The summed E-state index contributed by atoms with van der Waals surface area (Å²) in [7, 11) is 0. The second-order valence-corrected chi connectivity index (χ2v) is 3.47. The summed E-state index contributed by atoms with van der Waals surface area (Å²) < 4.78 is 0. The Morgan fingerprint density at radius 1 is 0.929 bits per heavy atom. The number of rotatable bonds is 0. The third kappa shape index (κ3) is 3.58. The fraction of sp³-hybridized carbons (Fsp3) is 0. The Balaban J connectivity index is 0.000000845. The van der Waals surface area contributed by atoms with Crippen LogP contribution in [0.2, 0.25) is 0 Å². The topological polar surface area (TPSA) is 12.9 Å². The molecule has 1 nitrogen and oxygen atoms in total. The number of hydrogen-bond acceptors (Lipinski definition) is 3. The largest absolute Gasteiger partial charge is 1.00 e. The molecular weight excluding hydrogens is 232 g/mol. The van der Waals surface area contributed by atoms with Gasteiger partial charge in [-0.25, -0.2) is 0 Å². The molecule has 0 aliphatic heterocycles. The monoisotopic (exact) mass is 237 g/mol. The summed E-state index contributed by atoms with van der Waals surface area (Å²) in [4.78, 5) is 5.75. The number of nitrogens with zero attached hydrogens (tertiary/aromatic N) is 1. The molecule has 14 heavy (non-hydrogen) atoms. The molecule has 0 atom stereocenters. The van der Waals surface area contributed by atoms with Crippen LogP contribution in [0.5, 0.6) is 0 Å². The first-order valence-electron chi connectivity index (χ1n) is 3.49. The van der Waals surface area contributed by atoms with Crippen molar-refractivity contribution in [3.63, 3.8) is 0 Å². The van der Waals surface area contributed by atoms with Crippen molar-refractivity contribution in [1.29, 1.82) is 0 Å². The molecule has 0 saturated carbocycles. The molecule has 1 heterocycles. The van der Waals surface area contributed by atoms with Gasteiger partial charge in [0.2, 0.25) is 0 Å². The summed E-state index contributed by atoms with van der Waals surface area (Å²) >= 11 is 10.0. The zero-order chi connectivity index (χ0) is 8.55. The molecule has 2 aromatic rings. The van der Waals surface area contributed by atoms with Gasteiger partial charge in [0.05, 0.1) is 5.52 Å². The van der Waals surface area contributed by atoms with Gasteiger partial charge in [-0.1, -0.05) is 18.2 Å². The molecule has 0 unspecified atom stereocenters. The quantitative estimate of drug-likeness (QED) is 0.343. The van der Waals surface area contributed by atoms with Crippen LogP contribution in [-0.4, -0.2) is 4.98 Å². The minimum atomic E-state index is 0. The Hall–Kier alpha value is 1.07. The summed E-state index contributed by atoms with van der Waals surface area (Å²) in [5.41, 5.74) is 0.942. The van der Waals surface area contributed by atoms with Crippen LogP contribution in [0.3, 0.4) is 0 Å². The maximum absolute atomic E-state index is 5.02. The van der Waals surface area contributed by atoms with Gasteiger partial charge < -0.3 is 25.3 Å². The molecule has 60 valence electrons. The number of hydrogen-bond donors (Lipinski definition) is 0. The van der Waals surface area contributed by atoms with Crippen LogP contribution in [0.4, 0.5) is 0 Å². The maximum atomic E-state index is 5.02. The Morgan fingerprint density at radius 2 is 1.57 bits per heavy atom. The van der Waals surface area contributed by atoms with Gasteiger partial charge in [-0.2, -0.15) is 9.79 Å². The molecule has 0 amide bonds. The molecule has 0 saturated heterocycles. The van der Waals surface area contributed by atoms with Gasteiger partial charge in [0.1, 0.15) is 0 Å². The van der Waals surface area contributed by atoms with Gasteiger partial charge in [-0.05, 0) is 11.5 Å². The van der Waals surface area contributed by atoms with Crippen molar-refractivity contribution in [2.45, 2.75) is 9.79 Å². The molecular formula is C9H5NNa2S2. The van der Waals surface area contributed by atoms with Crippen molar-refractivity contribution in [2.75, 3.05) is 0 Å². The predicted molar refractivity (Wildman–Crippen MR) is 53.0 cm³/mol. The van der Waals surface area contributed by atoms with Crippen LogP contribution < -0.4 is 59.1 Å². The van der Waals surface area contributed by atoms with Crippen molar-refractivity contribution < 1.29 is 59.1 Å². The first kappa shape index (κ1) is 15.1. The van der Waals surface area contributed by atoms with Crippen LogP contribution in [0, 0.1) is 0 Å². The van der Waals surface area contributed by atoms with Gasteiger partial charge in [0, 0.05) is 6.20 Å².